The zero-order valence-corrected chi connectivity index (χ0v) is 19.9. The van der Waals surface area contributed by atoms with Gasteiger partial charge in [-0.2, -0.15) is 0 Å². The van der Waals surface area contributed by atoms with Crippen molar-refractivity contribution in [3.8, 4) is 34.0 Å². The van der Waals surface area contributed by atoms with Crippen LogP contribution in [-0.2, 0) is 13.6 Å². The number of oxazole rings is 1. The zero-order chi connectivity index (χ0) is 24.6. The predicted molar refractivity (Wildman–Crippen MR) is 135 cm³/mol. The van der Waals surface area contributed by atoms with Gasteiger partial charge in [0.2, 0.25) is 5.89 Å². The average molecular weight is 484 g/mol. The Morgan fingerprint density at radius 1 is 1.06 bits per heavy atom. The third-order valence-electron chi connectivity index (χ3n) is 6.86. The van der Waals surface area contributed by atoms with E-state index in [-0.39, 0.29) is 18.0 Å². The summed E-state index contributed by atoms with van der Waals surface area (Å²) in [6.45, 7) is 0.665. The molecule has 1 aliphatic rings. The maximum Gasteiger partial charge on any atom is 0.227 e. The highest BCUT2D eigenvalue weighted by Crippen LogP contribution is 2.34. The van der Waals surface area contributed by atoms with Crippen LogP contribution in [0.2, 0.25) is 0 Å². The molecule has 36 heavy (non-hydrogen) atoms. The number of aryl methyl sites for hydroxylation is 1. The molecule has 0 spiro atoms. The van der Waals surface area contributed by atoms with E-state index >= 15 is 0 Å². The highest BCUT2D eigenvalue weighted by atomic mass is 19.1. The molecule has 7 nitrogen and oxygen atoms in total. The van der Waals surface area contributed by atoms with E-state index in [0.29, 0.717) is 29.4 Å². The van der Waals surface area contributed by atoms with Gasteiger partial charge in [-0.1, -0.05) is 24.3 Å². The Bertz CT molecular complexity index is 1540. The van der Waals surface area contributed by atoms with Crippen LogP contribution in [0.25, 0.3) is 45.1 Å². The molecule has 0 radical (unpaired) electrons. The second kappa shape index (κ2) is 9.29. The van der Waals surface area contributed by atoms with Crippen molar-refractivity contribution in [1.29, 1.82) is 0 Å². The molecule has 5 aromatic rings. The fraction of sp³-hybridized carbons (Fsp3) is 0.250. The maximum absolute atomic E-state index is 14.1. The van der Waals surface area contributed by atoms with Gasteiger partial charge in [0.1, 0.15) is 17.7 Å². The number of aliphatic hydroxyl groups is 1. The second-order valence-corrected chi connectivity index (χ2v) is 9.34. The van der Waals surface area contributed by atoms with E-state index in [9.17, 15) is 9.50 Å². The molecule has 2 heterocycles. The molecule has 0 unspecified atom stereocenters. The van der Waals surface area contributed by atoms with Gasteiger partial charge >= 0.3 is 0 Å². The van der Waals surface area contributed by atoms with Crippen LogP contribution in [-0.4, -0.2) is 37.0 Å². The van der Waals surface area contributed by atoms with Gasteiger partial charge in [-0.3, -0.25) is 0 Å². The zero-order valence-electron chi connectivity index (χ0n) is 19.9. The topological polar surface area (TPSA) is 89.0 Å². The number of nitrogens with one attached hydrogen (secondary N) is 1. The predicted octanol–water partition coefficient (Wildman–Crippen LogP) is 5.10. The first kappa shape index (κ1) is 22.6. The number of aromatic nitrogens is 4. The van der Waals surface area contributed by atoms with Crippen LogP contribution in [0.15, 0.2) is 71.4 Å². The summed E-state index contributed by atoms with van der Waals surface area (Å²) in [5.41, 5.74) is 5.79. The molecular weight excluding hydrogens is 457 g/mol. The number of nitrogens with zero attached hydrogens (tertiary/aromatic N) is 4. The monoisotopic (exact) mass is 483 g/mol. The van der Waals surface area contributed by atoms with Crippen molar-refractivity contribution in [2.75, 3.05) is 0 Å². The number of fused-ring (bicyclic) bond motifs is 1. The van der Waals surface area contributed by atoms with E-state index in [1.807, 2.05) is 49.5 Å². The molecule has 3 aromatic carbocycles. The standard InChI is InChI=1S/C28H26FN5O2/c1-34-16-31-33-27(34)22-14-20(29)9-10-21(22)18-4-2-5-19(13-18)28-32-24-11-8-17(12-26(24)36-28)15-30-23-6-3-7-25(23)35/h2,4-5,8-14,16,23,25,30,35H,3,6-7,15H2,1H3/t23-,25+/m1/s1. The summed E-state index contributed by atoms with van der Waals surface area (Å²) >= 11 is 0. The minimum atomic E-state index is -0.334. The van der Waals surface area contributed by atoms with Crippen LogP contribution >= 0.6 is 0 Å². The minimum absolute atomic E-state index is 0.145. The third kappa shape index (κ3) is 4.29. The van der Waals surface area contributed by atoms with Gasteiger partial charge < -0.3 is 19.4 Å². The lowest BCUT2D eigenvalue weighted by molar-refractivity contribution is 0.148. The molecule has 1 fully saturated rings. The van der Waals surface area contributed by atoms with E-state index in [1.54, 1.807) is 17.0 Å². The van der Waals surface area contributed by atoms with Crippen LogP contribution < -0.4 is 5.32 Å². The molecule has 2 N–H and O–H groups in total. The van der Waals surface area contributed by atoms with Crippen LogP contribution in [0.4, 0.5) is 4.39 Å². The van der Waals surface area contributed by atoms with Gasteiger partial charge in [0.15, 0.2) is 11.4 Å². The van der Waals surface area contributed by atoms with E-state index in [1.165, 1.54) is 12.1 Å². The molecule has 2 atom stereocenters. The quantitative estimate of drug-likeness (QED) is 0.349. The van der Waals surface area contributed by atoms with Crippen molar-refractivity contribution in [1.82, 2.24) is 25.1 Å². The molecule has 0 bridgehead atoms. The first-order valence-electron chi connectivity index (χ1n) is 12.1. The Balaban J connectivity index is 1.31. The summed E-state index contributed by atoms with van der Waals surface area (Å²) in [6, 6.07) is 18.7. The van der Waals surface area contributed by atoms with Crippen molar-refractivity contribution in [3.63, 3.8) is 0 Å². The van der Waals surface area contributed by atoms with Gasteiger partial charge in [0, 0.05) is 30.8 Å². The molecule has 1 aliphatic carbocycles. The summed E-state index contributed by atoms with van der Waals surface area (Å²) in [4.78, 5) is 4.70. The number of aliphatic hydroxyl groups excluding tert-OH is 1. The molecule has 8 heteroatoms. The van der Waals surface area contributed by atoms with Crippen LogP contribution in [0, 0.1) is 5.82 Å². The van der Waals surface area contributed by atoms with Gasteiger partial charge in [0.05, 0.1) is 6.10 Å². The number of rotatable bonds is 6. The second-order valence-electron chi connectivity index (χ2n) is 9.34. The first-order chi connectivity index (χ1) is 17.5. The van der Waals surface area contributed by atoms with Crippen molar-refractivity contribution < 1.29 is 13.9 Å². The van der Waals surface area contributed by atoms with Gasteiger partial charge in [-0.05, 0) is 72.4 Å². The van der Waals surface area contributed by atoms with E-state index in [0.717, 1.165) is 47.0 Å². The molecule has 6 rings (SSSR count). The Labute approximate surface area is 207 Å². The molecule has 2 aromatic heterocycles. The summed E-state index contributed by atoms with van der Waals surface area (Å²) in [5.74, 6) is 0.771. The summed E-state index contributed by atoms with van der Waals surface area (Å²) in [7, 11) is 1.83. The number of hydrogen-bond donors (Lipinski definition) is 2. The van der Waals surface area contributed by atoms with Crippen molar-refractivity contribution in [3.05, 3.63) is 78.4 Å². The SMILES string of the molecule is Cn1cnnc1-c1cc(F)ccc1-c1cccc(-c2nc3ccc(CN[C@@H]4CCC[C@@H]4O)cc3o2)c1. The van der Waals surface area contributed by atoms with Crippen molar-refractivity contribution in [2.24, 2.45) is 7.05 Å². The fourth-order valence-electron chi connectivity index (χ4n) is 4.93. The molecule has 182 valence electrons. The summed E-state index contributed by atoms with van der Waals surface area (Å²) in [5, 5.41) is 21.6. The molecule has 1 saturated carbocycles. The number of benzene rings is 3. The highest BCUT2D eigenvalue weighted by molar-refractivity contribution is 5.83. The Hall–Kier alpha value is -3.88. The van der Waals surface area contributed by atoms with E-state index in [4.69, 9.17) is 9.40 Å². The smallest absolute Gasteiger partial charge is 0.227 e. The average Bonchev–Trinajstić information content (AvgIpc) is 3.62. The number of hydrogen-bond acceptors (Lipinski definition) is 6. The lowest BCUT2D eigenvalue weighted by Gasteiger charge is -2.16. The molecular formula is C28H26FN5O2. The molecule has 0 amide bonds. The molecule has 0 aliphatic heterocycles. The summed E-state index contributed by atoms with van der Waals surface area (Å²) < 4.78 is 22.1. The van der Waals surface area contributed by atoms with Crippen molar-refractivity contribution >= 4 is 11.1 Å². The lowest BCUT2D eigenvalue weighted by atomic mass is 9.97. The lowest BCUT2D eigenvalue weighted by Crippen LogP contribution is -2.34. The Kier molecular flexibility index (Phi) is 5.83. The largest absolute Gasteiger partial charge is 0.436 e. The Morgan fingerprint density at radius 2 is 1.94 bits per heavy atom. The number of halogens is 1. The highest BCUT2D eigenvalue weighted by Gasteiger charge is 2.24. The van der Waals surface area contributed by atoms with Gasteiger partial charge in [-0.25, -0.2) is 9.37 Å². The summed E-state index contributed by atoms with van der Waals surface area (Å²) in [6.07, 6.45) is 4.24. The van der Waals surface area contributed by atoms with E-state index in [2.05, 4.69) is 15.5 Å². The van der Waals surface area contributed by atoms with Crippen LogP contribution in [0.3, 0.4) is 0 Å². The van der Waals surface area contributed by atoms with Crippen molar-refractivity contribution in [2.45, 2.75) is 38.0 Å². The molecule has 0 saturated heterocycles. The normalized spacial score (nSPS) is 17.8. The van der Waals surface area contributed by atoms with Gasteiger partial charge in [-0.15, -0.1) is 10.2 Å². The fourth-order valence-corrected chi connectivity index (χ4v) is 4.93. The van der Waals surface area contributed by atoms with E-state index < -0.39 is 0 Å². The van der Waals surface area contributed by atoms with Crippen LogP contribution in [0.1, 0.15) is 24.8 Å². The maximum atomic E-state index is 14.1. The first-order valence-corrected chi connectivity index (χ1v) is 12.1. The van der Waals surface area contributed by atoms with Crippen LogP contribution in [0.5, 0.6) is 0 Å². The Morgan fingerprint density at radius 3 is 2.75 bits per heavy atom. The third-order valence-corrected chi connectivity index (χ3v) is 6.86. The minimum Gasteiger partial charge on any atom is -0.436 e. The van der Waals surface area contributed by atoms with Gasteiger partial charge in [0.25, 0.3) is 0 Å².